The Kier molecular flexibility index (Phi) is 7.09. The normalized spacial score (nSPS) is 18.6. The number of aliphatic hydroxyl groups is 1. The number of likely N-dealkylation sites (tertiary alicyclic amines) is 1. The highest BCUT2D eigenvalue weighted by Gasteiger charge is 2.36. The predicted molar refractivity (Wildman–Crippen MR) is 123 cm³/mol. The van der Waals surface area contributed by atoms with Gasteiger partial charge in [-0.2, -0.15) is 0 Å². The lowest BCUT2D eigenvalue weighted by atomic mass is 9.88. The zero-order chi connectivity index (χ0) is 20.9. The summed E-state index contributed by atoms with van der Waals surface area (Å²) in [6, 6.07) is 7.54. The first kappa shape index (κ1) is 21.5. The Morgan fingerprint density at radius 1 is 1.31 bits per heavy atom. The van der Waals surface area contributed by atoms with Crippen LogP contribution in [0.3, 0.4) is 0 Å². The molecule has 1 saturated heterocycles. The van der Waals surface area contributed by atoms with Gasteiger partial charge in [0, 0.05) is 49.3 Å². The van der Waals surface area contributed by atoms with Gasteiger partial charge >= 0.3 is 0 Å². The standard InChI is InChI=1S/C23H29N3O2S/c1-17(2)24-11-8-18(3)19-6-4-5-7-20(19)22(27)26-13-9-23(28,10-14-26)16-21-25-12-15-29-21/h4-8,11,28H,3,9-10,12-16H2,1-2H3/b11-8-. The third-order valence-electron chi connectivity index (χ3n) is 5.22. The van der Waals surface area contributed by atoms with Gasteiger partial charge in [-0.1, -0.05) is 24.8 Å². The van der Waals surface area contributed by atoms with Crippen LogP contribution in [0.15, 0.2) is 53.1 Å². The minimum absolute atomic E-state index is 0.0139. The summed E-state index contributed by atoms with van der Waals surface area (Å²) in [7, 11) is 0. The van der Waals surface area contributed by atoms with Crippen molar-refractivity contribution in [3.8, 4) is 0 Å². The summed E-state index contributed by atoms with van der Waals surface area (Å²) in [6.45, 7) is 9.91. The maximum Gasteiger partial charge on any atom is 0.254 e. The van der Waals surface area contributed by atoms with E-state index >= 15 is 0 Å². The SMILES string of the molecule is C=C(/C=C\N=C(C)C)c1ccccc1C(=O)N1CCC(O)(CC2=NCCS2)CC1. The Bertz CT molecular complexity index is 861. The fraction of sp³-hybridized carbons (Fsp3) is 0.435. The van der Waals surface area contributed by atoms with Crippen molar-refractivity contribution in [3.05, 3.63) is 54.2 Å². The summed E-state index contributed by atoms with van der Waals surface area (Å²) in [5.74, 6) is 0.994. The molecule has 1 aromatic rings. The van der Waals surface area contributed by atoms with Crippen molar-refractivity contribution in [2.45, 2.75) is 38.7 Å². The second-order valence-corrected chi connectivity index (χ2v) is 8.95. The van der Waals surface area contributed by atoms with Crippen LogP contribution in [0.5, 0.6) is 0 Å². The molecule has 0 spiro atoms. The summed E-state index contributed by atoms with van der Waals surface area (Å²) in [6.07, 6.45) is 5.30. The average Bonchev–Trinajstić information content (AvgIpc) is 3.20. The Hall–Kier alpha value is -2.18. The van der Waals surface area contributed by atoms with Crippen molar-refractivity contribution in [2.24, 2.45) is 9.98 Å². The number of amides is 1. The molecule has 0 saturated carbocycles. The number of hydrogen-bond acceptors (Lipinski definition) is 5. The summed E-state index contributed by atoms with van der Waals surface area (Å²) >= 11 is 1.74. The molecule has 3 rings (SSSR count). The van der Waals surface area contributed by atoms with Gasteiger partial charge in [0.05, 0.1) is 10.6 Å². The lowest BCUT2D eigenvalue weighted by Gasteiger charge is -2.38. The van der Waals surface area contributed by atoms with Gasteiger partial charge in [0.25, 0.3) is 5.91 Å². The Morgan fingerprint density at radius 3 is 2.62 bits per heavy atom. The zero-order valence-corrected chi connectivity index (χ0v) is 18.0. The molecule has 0 radical (unpaired) electrons. The highest BCUT2D eigenvalue weighted by molar-refractivity contribution is 8.14. The number of rotatable bonds is 6. The second-order valence-electron chi connectivity index (χ2n) is 7.78. The summed E-state index contributed by atoms with van der Waals surface area (Å²) in [4.78, 5) is 23.7. The number of piperidine rings is 1. The first-order valence-electron chi connectivity index (χ1n) is 10.0. The van der Waals surface area contributed by atoms with E-state index in [2.05, 4.69) is 16.6 Å². The molecule has 2 heterocycles. The van der Waals surface area contributed by atoms with Gasteiger partial charge in [-0.05, 0) is 50.0 Å². The molecule has 0 aliphatic carbocycles. The van der Waals surface area contributed by atoms with E-state index in [9.17, 15) is 9.90 Å². The lowest BCUT2D eigenvalue weighted by Crippen LogP contribution is -2.47. The van der Waals surface area contributed by atoms with E-state index in [-0.39, 0.29) is 5.91 Å². The van der Waals surface area contributed by atoms with E-state index in [1.807, 2.05) is 49.1 Å². The first-order chi connectivity index (χ1) is 13.9. The van der Waals surface area contributed by atoms with Crippen molar-refractivity contribution in [1.29, 1.82) is 0 Å². The van der Waals surface area contributed by atoms with Gasteiger partial charge in [-0.25, -0.2) is 0 Å². The van der Waals surface area contributed by atoms with E-state index in [1.165, 1.54) is 0 Å². The van der Waals surface area contributed by atoms with Crippen LogP contribution in [-0.2, 0) is 0 Å². The molecule has 29 heavy (non-hydrogen) atoms. The van der Waals surface area contributed by atoms with Gasteiger partial charge in [0.1, 0.15) is 0 Å². The minimum atomic E-state index is -0.755. The largest absolute Gasteiger partial charge is 0.389 e. The molecule has 1 aromatic carbocycles. The maximum atomic E-state index is 13.2. The maximum absolute atomic E-state index is 13.2. The van der Waals surface area contributed by atoms with Crippen molar-refractivity contribution >= 4 is 34.0 Å². The number of aliphatic imine (C=N–C) groups is 2. The van der Waals surface area contributed by atoms with E-state index in [1.54, 1.807) is 18.0 Å². The molecule has 2 aliphatic heterocycles. The van der Waals surface area contributed by atoms with Gasteiger partial charge in [0.2, 0.25) is 0 Å². The third kappa shape index (κ3) is 5.67. The van der Waals surface area contributed by atoms with E-state index in [4.69, 9.17) is 0 Å². The van der Waals surface area contributed by atoms with Crippen molar-refractivity contribution in [2.75, 3.05) is 25.4 Å². The number of benzene rings is 1. The van der Waals surface area contributed by atoms with Crippen LogP contribution in [0, 0.1) is 0 Å². The molecule has 0 aromatic heterocycles. The molecule has 1 N–H and O–H groups in total. The molecule has 0 atom stereocenters. The fourth-order valence-electron chi connectivity index (χ4n) is 3.56. The van der Waals surface area contributed by atoms with Crippen LogP contribution in [0.4, 0.5) is 0 Å². The minimum Gasteiger partial charge on any atom is -0.389 e. The summed E-state index contributed by atoms with van der Waals surface area (Å²) in [5, 5.41) is 12.0. The highest BCUT2D eigenvalue weighted by atomic mass is 32.2. The van der Waals surface area contributed by atoms with Gasteiger partial charge in [0.15, 0.2) is 0 Å². The van der Waals surface area contributed by atoms with E-state index in [0.717, 1.165) is 34.2 Å². The number of nitrogens with zero attached hydrogens (tertiary/aromatic N) is 3. The van der Waals surface area contributed by atoms with Gasteiger partial charge in [-0.3, -0.25) is 14.8 Å². The van der Waals surface area contributed by atoms with Crippen molar-refractivity contribution in [1.82, 2.24) is 4.90 Å². The van der Waals surface area contributed by atoms with Crippen LogP contribution in [-0.4, -0.2) is 57.7 Å². The van der Waals surface area contributed by atoms with Crippen LogP contribution in [0.25, 0.3) is 5.57 Å². The first-order valence-corrected chi connectivity index (χ1v) is 11.0. The molecule has 0 unspecified atom stereocenters. The number of allylic oxidation sites excluding steroid dienone is 2. The molecule has 1 fully saturated rings. The Balaban J connectivity index is 1.68. The molecule has 5 nitrogen and oxygen atoms in total. The third-order valence-corrected chi connectivity index (χ3v) is 6.22. The molecule has 0 bridgehead atoms. The zero-order valence-electron chi connectivity index (χ0n) is 17.2. The van der Waals surface area contributed by atoms with E-state index in [0.29, 0.717) is 37.9 Å². The molecular weight excluding hydrogens is 382 g/mol. The Labute approximate surface area is 177 Å². The number of carbonyl (C=O) groups excluding carboxylic acids is 1. The number of thioether (sulfide) groups is 1. The molecule has 2 aliphatic rings. The second kappa shape index (κ2) is 9.55. The van der Waals surface area contributed by atoms with E-state index < -0.39 is 5.60 Å². The molecule has 154 valence electrons. The fourth-order valence-corrected chi connectivity index (χ4v) is 4.53. The highest BCUT2D eigenvalue weighted by Crippen LogP contribution is 2.31. The van der Waals surface area contributed by atoms with Crippen LogP contribution < -0.4 is 0 Å². The Morgan fingerprint density at radius 2 is 2.00 bits per heavy atom. The lowest BCUT2D eigenvalue weighted by molar-refractivity contribution is -0.0105. The average molecular weight is 412 g/mol. The van der Waals surface area contributed by atoms with Crippen molar-refractivity contribution < 1.29 is 9.90 Å². The molecule has 6 heteroatoms. The molecular formula is C23H29N3O2S. The predicted octanol–water partition coefficient (Wildman–Crippen LogP) is 4.20. The van der Waals surface area contributed by atoms with Gasteiger partial charge < -0.3 is 10.0 Å². The van der Waals surface area contributed by atoms with Crippen LogP contribution >= 0.6 is 11.8 Å². The molecule has 1 amide bonds. The number of carbonyl (C=O) groups is 1. The monoisotopic (exact) mass is 411 g/mol. The summed E-state index contributed by atoms with van der Waals surface area (Å²) in [5.41, 5.74) is 2.41. The quantitative estimate of drug-likeness (QED) is 0.564. The van der Waals surface area contributed by atoms with Crippen LogP contribution in [0.2, 0.25) is 0 Å². The topological polar surface area (TPSA) is 65.3 Å². The number of hydrogen-bond donors (Lipinski definition) is 1. The summed E-state index contributed by atoms with van der Waals surface area (Å²) < 4.78 is 0. The van der Waals surface area contributed by atoms with Crippen LogP contribution in [0.1, 0.15) is 49.0 Å². The van der Waals surface area contributed by atoms with Crippen molar-refractivity contribution in [3.63, 3.8) is 0 Å². The smallest absolute Gasteiger partial charge is 0.254 e. The van der Waals surface area contributed by atoms with Gasteiger partial charge in [-0.15, -0.1) is 11.8 Å².